The van der Waals surface area contributed by atoms with Crippen molar-refractivity contribution >= 4 is 22.5 Å². The molecule has 1 saturated carbocycles. The van der Waals surface area contributed by atoms with E-state index in [0.29, 0.717) is 0 Å². The molecule has 1 heterocycles. The van der Waals surface area contributed by atoms with E-state index in [1.54, 1.807) is 0 Å². The van der Waals surface area contributed by atoms with Gasteiger partial charge in [-0.3, -0.25) is 0 Å². The topological polar surface area (TPSA) is 17.0 Å². The Morgan fingerprint density at radius 3 is 2.94 bits per heavy atom. The van der Waals surface area contributed by atoms with Gasteiger partial charge in [-0.25, -0.2) is 0 Å². The van der Waals surface area contributed by atoms with Crippen molar-refractivity contribution in [3.05, 3.63) is 35.0 Å². The second-order valence-corrected chi connectivity index (χ2v) is 4.93. The van der Waals surface area contributed by atoms with Crippen molar-refractivity contribution in [2.24, 2.45) is 7.05 Å². The molecule has 0 radical (unpaired) electrons. The lowest BCUT2D eigenvalue weighted by atomic mass is 10.2. The fourth-order valence-electron chi connectivity index (χ4n) is 2.13. The number of fused-ring (bicyclic) bond motifs is 1. The summed E-state index contributed by atoms with van der Waals surface area (Å²) in [7, 11) is 2.08. The molecule has 3 heteroatoms. The molecule has 2 aromatic rings. The van der Waals surface area contributed by atoms with Gasteiger partial charge in [0.05, 0.1) is 10.5 Å². The van der Waals surface area contributed by atoms with E-state index >= 15 is 0 Å². The Labute approximate surface area is 100 Å². The van der Waals surface area contributed by atoms with Crippen LogP contribution < -0.4 is 5.32 Å². The molecule has 1 aliphatic rings. The van der Waals surface area contributed by atoms with Crippen molar-refractivity contribution in [3.63, 3.8) is 0 Å². The average molecular weight is 235 g/mol. The molecular weight excluding hydrogens is 220 g/mol. The van der Waals surface area contributed by atoms with E-state index in [-0.39, 0.29) is 0 Å². The lowest BCUT2D eigenvalue weighted by Gasteiger charge is -2.05. The summed E-state index contributed by atoms with van der Waals surface area (Å²) < 4.78 is 2.19. The van der Waals surface area contributed by atoms with Gasteiger partial charge >= 0.3 is 0 Å². The largest absolute Gasteiger partial charge is 0.345 e. The summed E-state index contributed by atoms with van der Waals surface area (Å²) in [6, 6.07) is 9.02. The van der Waals surface area contributed by atoms with Crippen molar-refractivity contribution in [2.45, 2.75) is 25.4 Å². The minimum absolute atomic E-state index is 0.744. The summed E-state index contributed by atoms with van der Waals surface area (Å²) in [5.41, 5.74) is 2.44. The van der Waals surface area contributed by atoms with Crippen LogP contribution in [0.25, 0.3) is 10.9 Å². The quantitative estimate of drug-likeness (QED) is 0.864. The highest BCUT2D eigenvalue weighted by atomic mass is 35.5. The second kappa shape index (κ2) is 3.79. The number of para-hydroxylation sites is 1. The molecule has 0 amide bonds. The van der Waals surface area contributed by atoms with Crippen molar-refractivity contribution in [1.82, 2.24) is 9.88 Å². The predicted octanol–water partition coefficient (Wildman–Crippen LogP) is 3.08. The Balaban J connectivity index is 1.98. The van der Waals surface area contributed by atoms with Gasteiger partial charge in [-0.1, -0.05) is 23.7 Å². The number of halogens is 1. The van der Waals surface area contributed by atoms with Gasteiger partial charge in [0.1, 0.15) is 0 Å². The summed E-state index contributed by atoms with van der Waals surface area (Å²) in [4.78, 5) is 0. The average Bonchev–Trinajstić information content (AvgIpc) is 3.02. The van der Waals surface area contributed by atoms with E-state index in [4.69, 9.17) is 11.6 Å². The Morgan fingerprint density at radius 1 is 1.44 bits per heavy atom. The van der Waals surface area contributed by atoms with Crippen LogP contribution in [0, 0.1) is 0 Å². The molecule has 2 nitrogen and oxygen atoms in total. The smallest absolute Gasteiger partial charge is 0.0669 e. The van der Waals surface area contributed by atoms with E-state index in [2.05, 4.69) is 29.1 Å². The van der Waals surface area contributed by atoms with Gasteiger partial charge in [0.25, 0.3) is 0 Å². The summed E-state index contributed by atoms with van der Waals surface area (Å²) in [5, 5.41) is 5.59. The van der Waals surface area contributed by atoms with E-state index in [1.807, 2.05) is 12.1 Å². The highest BCUT2D eigenvalue weighted by molar-refractivity contribution is 6.35. The number of aromatic nitrogens is 1. The molecule has 3 rings (SSSR count). The zero-order chi connectivity index (χ0) is 11.1. The first-order valence-corrected chi connectivity index (χ1v) is 6.10. The van der Waals surface area contributed by atoms with Gasteiger partial charge in [0.2, 0.25) is 0 Å². The monoisotopic (exact) mass is 234 g/mol. The van der Waals surface area contributed by atoms with Crippen LogP contribution in [0.15, 0.2) is 24.3 Å². The third kappa shape index (κ3) is 1.72. The second-order valence-electron chi connectivity index (χ2n) is 4.53. The number of rotatable bonds is 3. The molecule has 1 aromatic heterocycles. The van der Waals surface area contributed by atoms with Crippen LogP contribution in [0.4, 0.5) is 0 Å². The maximum Gasteiger partial charge on any atom is 0.0669 e. The molecule has 0 spiro atoms. The van der Waals surface area contributed by atoms with Gasteiger partial charge in [0, 0.05) is 30.7 Å². The molecule has 0 saturated heterocycles. The van der Waals surface area contributed by atoms with E-state index in [0.717, 1.165) is 23.1 Å². The van der Waals surface area contributed by atoms with Crippen molar-refractivity contribution in [3.8, 4) is 0 Å². The van der Waals surface area contributed by atoms with Crippen LogP contribution in [-0.4, -0.2) is 10.6 Å². The van der Waals surface area contributed by atoms with Crippen LogP contribution in [0.2, 0.25) is 5.02 Å². The first kappa shape index (κ1) is 10.2. The first-order chi connectivity index (χ1) is 7.75. The fourth-order valence-corrected chi connectivity index (χ4v) is 2.44. The number of hydrogen-bond acceptors (Lipinski definition) is 1. The molecule has 1 aliphatic carbocycles. The number of aryl methyl sites for hydroxylation is 1. The van der Waals surface area contributed by atoms with Crippen molar-refractivity contribution in [1.29, 1.82) is 0 Å². The standard InChI is InChI=1S/C13H15ClN2/c1-16-11(8-15-10-5-6-10)7-9-3-2-4-12(14)13(9)16/h2-4,7,10,15H,5-6,8H2,1H3. The third-order valence-corrected chi connectivity index (χ3v) is 3.56. The molecule has 16 heavy (non-hydrogen) atoms. The maximum atomic E-state index is 6.21. The molecule has 1 fully saturated rings. The van der Waals surface area contributed by atoms with Crippen LogP contribution in [-0.2, 0) is 13.6 Å². The Morgan fingerprint density at radius 2 is 2.25 bits per heavy atom. The number of nitrogens with one attached hydrogen (secondary N) is 1. The van der Waals surface area contributed by atoms with Crippen LogP contribution in [0.3, 0.4) is 0 Å². The number of nitrogens with zero attached hydrogens (tertiary/aromatic N) is 1. The van der Waals surface area contributed by atoms with Crippen LogP contribution >= 0.6 is 11.6 Å². The third-order valence-electron chi connectivity index (χ3n) is 3.26. The lowest BCUT2D eigenvalue weighted by Crippen LogP contribution is -2.17. The molecule has 0 atom stereocenters. The van der Waals surface area contributed by atoms with Gasteiger partial charge in [-0.2, -0.15) is 0 Å². The minimum Gasteiger partial charge on any atom is -0.345 e. The maximum absolute atomic E-state index is 6.21. The lowest BCUT2D eigenvalue weighted by molar-refractivity contribution is 0.655. The highest BCUT2D eigenvalue weighted by Crippen LogP contribution is 2.26. The molecule has 0 unspecified atom stereocenters. The Kier molecular flexibility index (Phi) is 2.41. The van der Waals surface area contributed by atoms with Gasteiger partial charge in [-0.15, -0.1) is 0 Å². The Hall–Kier alpha value is -0.990. The first-order valence-electron chi connectivity index (χ1n) is 5.72. The zero-order valence-corrected chi connectivity index (χ0v) is 10.1. The summed E-state index contributed by atoms with van der Waals surface area (Å²) in [6.07, 6.45) is 2.65. The predicted molar refractivity (Wildman–Crippen MR) is 67.8 cm³/mol. The number of benzene rings is 1. The van der Waals surface area contributed by atoms with Crippen LogP contribution in [0.1, 0.15) is 18.5 Å². The molecular formula is C13H15ClN2. The SMILES string of the molecule is Cn1c(CNC2CC2)cc2cccc(Cl)c21. The van der Waals surface area contributed by atoms with Gasteiger partial charge in [0.15, 0.2) is 0 Å². The molecule has 0 aliphatic heterocycles. The van der Waals surface area contributed by atoms with Crippen molar-refractivity contribution < 1.29 is 0 Å². The van der Waals surface area contributed by atoms with E-state index in [1.165, 1.54) is 23.9 Å². The highest BCUT2D eigenvalue weighted by Gasteiger charge is 2.20. The molecule has 1 aromatic carbocycles. The summed E-state index contributed by atoms with van der Waals surface area (Å²) in [5.74, 6) is 0. The Bertz CT molecular complexity index is 526. The van der Waals surface area contributed by atoms with E-state index < -0.39 is 0 Å². The van der Waals surface area contributed by atoms with Gasteiger partial charge in [-0.05, 0) is 25.0 Å². The van der Waals surface area contributed by atoms with Crippen LogP contribution in [0.5, 0.6) is 0 Å². The molecule has 0 bridgehead atoms. The summed E-state index contributed by atoms with van der Waals surface area (Å²) in [6.45, 7) is 0.937. The van der Waals surface area contributed by atoms with Gasteiger partial charge < -0.3 is 9.88 Å². The summed E-state index contributed by atoms with van der Waals surface area (Å²) >= 11 is 6.21. The minimum atomic E-state index is 0.744. The number of hydrogen-bond donors (Lipinski definition) is 1. The normalized spacial score (nSPS) is 15.9. The van der Waals surface area contributed by atoms with E-state index in [9.17, 15) is 0 Å². The molecule has 84 valence electrons. The van der Waals surface area contributed by atoms with Crippen molar-refractivity contribution in [2.75, 3.05) is 0 Å². The molecule has 1 N–H and O–H groups in total. The zero-order valence-electron chi connectivity index (χ0n) is 9.33. The fraction of sp³-hybridized carbons (Fsp3) is 0.385.